The maximum absolute atomic E-state index is 6.39. The van der Waals surface area contributed by atoms with Crippen molar-refractivity contribution in [1.82, 2.24) is 59.8 Å². The van der Waals surface area contributed by atoms with Gasteiger partial charge in [0, 0.05) is 131 Å². The van der Waals surface area contributed by atoms with E-state index in [0.717, 1.165) is 198 Å². The molecule has 656 valence electrons. The second-order valence-corrected chi connectivity index (χ2v) is 34.0. The second kappa shape index (κ2) is 35.9. The summed E-state index contributed by atoms with van der Waals surface area (Å²) in [5.41, 5.74) is 18.4. The van der Waals surface area contributed by atoms with Crippen LogP contribution in [0.1, 0.15) is 0 Å². The smallest absolute Gasteiger partial charge is 0.164 e. The first-order valence-electron chi connectivity index (χ1n) is 46.2. The van der Waals surface area contributed by atoms with E-state index >= 15 is 0 Å². The Bertz CT molecular complexity index is 9260. The molecule has 28 aromatic rings. The van der Waals surface area contributed by atoms with E-state index in [-0.39, 0.29) is 0 Å². The Morgan fingerprint density at radius 1 is 0.121 bits per heavy atom. The summed E-state index contributed by atoms with van der Waals surface area (Å²) in [5.74, 6) is 7.73. The van der Waals surface area contributed by atoms with Crippen molar-refractivity contribution >= 4 is 131 Å². The van der Waals surface area contributed by atoms with Gasteiger partial charge in [0.25, 0.3) is 0 Å². The third-order valence-electron chi connectivity index (χ3n) is 25.3. The van der Waals surface area contributed by atoms with E-state index in [0.29, 0.717) is 69.9 Å². The molecule has 0 atom stereocenters. The monoisotopic (exact) mass is 1800 g/mol. The van der Waals surface area contributed by atoms with Crippen LogP contribution in [0.3, 0.4) is 0 Å². The minimum absolute atomic E-state index is 0.622. The van der Waals surface area contributed by atoms with Crippen molar-refractivity contribution in [2.24, 2.45) is 0 Å². The standard InChI is InChI=1S/4C31H19N3O/c1-3-10-21(11-4-1)29-32-30(22-12-5-2-6-13-22)34-31(33-29)25-16-9-14-20-18-19-24-23-15-7-8-17-26(23)35-28(24)27(20)25;1-3-10-20(11-4-1)29-32-30(21-12-5-2-6-13-21)34-31(33-29)26-16-9-15-24-22(26)18-19-25-23-14-7-8-17-27(23)35-28(24)25;1-3-9-20(10-4-1)29-32-30(21-11-5-2-6-12-21)34-31(33-29)23-16-17-24-22(19-23)15-18-26-25-13-7-8-14-27(25)35-28(24)26;1-3-9-21(10-4-1)29-32-30(22-11-5-2-6-12-22)34-31(33-29)23-16-15-20-17-18-25-24-13-7-8-14-27(24)35-28(25)26(20)19-23/h4*1-19H. The third kappa shape index (κ3) is 15.8. The molecule has 28 rings (SSSR count). The summed E-state index contributed by atoms with van der Waals surface area (Å²) in [6, 6.07) is 155. The van der Waals surface area contributed by atoms with Gasteiger partial charge in [-0.1, -0.05) is 394 Å². The first-order valence-corrected chi connectivity index (χ1v) is 46.2. The van der Waals surface area contributed by atoms with E-state index in [1.165, 1.54) is 0 Å². The molecule has 140 heavy (non-hydrogen) atoms. The Kier molecular flexibility index (Phi) is 21.2. The van der Waals surface area contributed by atoms with Gasteiger partial charge in [0.2, 0.25) is 0 Å². The van der Waals surface area contributed by atoms with E-state index in [4.69, 9.17) is 77.5 Å². The molecule has 16 nitrogen and oxygen atoms in total. The molecule has 20 aromatic carbocycles. The van der Waals surface area contributed by atoms with Crippen molar-refractivity contribution in [2.45, 2.75) is 0 Å². The predicted octanol–water partition coefficient (Wildman–Crippen LogP) is 31.7. The number of rotatable bonds is 12. The molecule has 0 fully saturated rings. The van der Waals surface area contributed by atoms with Crippen LogP contribution in [0, 0.1) is 0 Å². The van der Waals surface area contributed by atoms with Crippen molar-refractivity contribution in [1.29, 1.82) is 0 Å². The van der Waals surface area contributed by atoms with Crippen molar-refractivity contribution < 1.29 is 17.7 Å². The summed E-state index contributed by atoms with van der Waals surface area (Å²) < 4.78 is 25.2. The minimum Gasteiger partial charge on any atom is -0.455 e. The number of hydrogen-bond acceptors (Lipinski definition) is 16. The number of hydrogen-bond donors (Lipinski definition) is 0. The summed E-state index contributed by atoms with van der Waals surface area (Å²) in [7, 11) is 0. The molecule has 0 radical (unpaired) electrons. The number of nitrogens with zero attached hydrogens (tertiary/aromatic N) is 12. The molecule has 16 heteroatoms. The number of furan rings is 4. The Balaban J connectivity index is 0.0000000985. The zero-order valence-corrected chi connectivity index (χ0v) is 74.9. The number of benzene rings is 20. The fourth-order valence-corrected chi connectivity index (χ4v) is 18.5. The van der Waals surface area contributed by atoms with Crippen molar-refractivity contribution in [2.75, 3.05) is 0 Å². The van der Waals surface area contributed by atoms with Gasteiger partial charge in [-0.15, -0.1) is 0 Å². The lowest BCUT2D eigenvalue weighted by Gasteiger charge is -2.10. The van der Waals surface area contributed by atoms with Crippen LogP contribution in [0.2, 0.25) is 0 Å². The van der Waals surface area contributed by atoms with E-state index in [1.807, 2.05) is 328 Å². The lowest BCUT2D eigenvalue weighted by Crippen LogP contribution is -2.00. The van der Waals surface area contributed by atoms with Crippen LogP contribution in [0.5, 0.6) is 0 Å². The van der Waals surface area contributed by atoms with E-state index in [2.05, 4.69) is 133 Å². The second-order valence-electron chi connectivity index (χ2n) is 34.0. The number of fused-ring (bicyclic) bond motifs is 20. The van der Waals surface area contributed by atoms with Crippen LogP contribution in [-0.4, -0.2) is 59.8 Å². The van der Waals surface area contributed by atoms with Crippen LogP contribution in [0.25, 0.3) is 267 Å². The van der Waals surface area contributed by atoms with Gasteiger partial charge in [0.1, 0.15) is 44.7 Å². The Hall–Kier alpha value is -19.3. The van der Waals surface area contributed by atoms with Crippen LogP contribution < -0.4 is 0 Å². The Morgan fingerprint density at radius 2 is 0.357 bits per heavy atom. The normalized spacial score (nSPS) is 11.4. The molecule has 8 aromatic heterocycles. The van der Waals surface area contributed by atoms with Gasteiger partial charge in [-0.2, -0.15) is 0 Å². The average molecular weight is 1800 g/mol. The zero-order chi connectivity index (χ0) is 92.8. The molecule has 0 unspecified atom stereocenters. The highest BCUT2D eigenvalue weighted by molar-refractivity contribution is 6.21. The number of para-hydroxylation sites is 4. The fourth-order valence-electron chi connectivity index (χ4n) is 18.5. The van der Waals surface area contributed by atoms with Crippen molar-refractivity contribution in [3.63, 3.8) is 0 Å². The Labute approximate surface area is 800 Å². The SMILES string of the molecule is c1ccc(-c2nc(-c3ccccc3)nc(-c3ccc4c(ccc5c6ccccc6oc45)c3)n2)cc1.c1ccc(-c2nc(-c3ccccc3)nc(-c3ccc4ccc5c6ccccc6oc5c4c3)n2)cc1.c1ccc(-c2nc(-c3ccccc3)nc(-c3cccc4c3ccc3c5ccccc5oc43)n2)cc1.c1ccc(-c2nc(-c3ccccc3)nc(-c3cccc4ccc5c6ccccc6oc5c34)n2)cc1. The number of aromatic nitrogens is 12. The molecule has 0 bridgehead atoms. The molecule has 0 saturated heterocycles. The molecule has 0 saturated carbocycles. The van der Waals surface area contributed by atoms with Gasteiger partial charge in [-0.3, -0.25) is 0 Å². The molecule has 0 spiro atoms. The van der Waals surface area contributed by atoms with Crippen molar-refractivity contribution in [3.8, 4) is 137 Å². The molecule has 0 aliphatic carbocycles. The molecule has 0 aliphatic rings. The lowest BCUT2D eigenvalue weighted by atomic mass is 10.0. The molecule has 0 aliphatic heterocycles. The van der Waals surface area contributed by atoms with Crippen LogP contribution >= 0.6 is 0 Å². The quantitative estimate of drug-likeness (QED) is 0.111. The first-order chi connectivity index (χ1) is 69.4. The maximum atomic E-state index is 6.39. The van der Waals surface area contributed by atoms with Gasteiger partial charge >= 0.3 is 0 Å². The fraction of sp³-hybridized carbons (Fsp3) is 0. The van der Waals surface area contributed by atoms with Gasteiger partial charge in [0.05, 0.1) is 0 Å². The van der Waals surface area contributed by atoms with Crippen LogP contribution in [0.4, 0.5) is 0 Å². The zero-order valence-electron chi connectivity index (χ0n) is 74.9. The van der Waals surface area contributed by atoms with Gasteiger partial charge in [0.15, 0.2) is 69.9 Å². The highest BCUT2D eigenvalue weighted by Gasteiger charge is 2.24. The highest BCUT2D eigenvalue weighted by atomic mass is 16.3. The summed E-state index contributed by atoms with van der Waals surface area (Å²) >= 11 is 0. The predicted molar refractivity (Wildman–Crippen MR) is 564 cm³/mol. The largest absolute Gasteiger partial charge is 0.455 e. The van der Waals surface area contributed by atoms with E-state index in [9.17, 15) is 0 Å². The topological polar surface area (TPSA) is 207 Å². The summed E-state index contributed by atoms with van der Waals surface area (Å²) in [6.07, 6.45) is 0. The minimum atomic E-state index is 0.622. The lowest BCUT2D eigenvalue weighted by molar-refractivity contribution is 0.672. The molecule has 0 N–H and O–H groups in total. The third-order valence-corrected chi connectivity index (χ3v) is 25.3. The Morgan fingerprint density at radius 3 is 0.743 bits per heavy atom. The molecular weight excluding hydrogens is 1720 g/mol. The summed E-state index contributed by atoms with van der Waals surface area (Å²) in [6.45, 7) is 0. The van der Waals surface area contributed by atoms with Crippen LogP contribution in [0.15, 0.2) is 479 Å². The molecule has 8 heterocycles. The van der Waals surface area contributed by atoms with Gasteiger partial charge in [-0.25, -0.2) is 59.8 Å². The maximum Gasteiger partial charge on any atom is 0.164 e. The highest BCUT2D eigenvalue weighted by Crippen LogP contribution is 2.44. The van der Waals surface area contributed by atoms with Crippen LogP contribution in [-0.2, 0) is 0 Å². The summed E-state index contributed by atoms with van der Waals surface area (Å²) in [5, 5.41) is 17.4. The van der Waals surface area contributed by atoms with E-state index < -0.39 is 0 Å². The average Bonchev–Trinajstić information content (AvgIpc) is 1.60. The molecule has 0 amide bonds. The first kappa shape index (κ1) is 82.6. The van der Waals surface area contributed by atoms with Gasteiger partial charge < -0.3 is 17.7 Å². The molecular formula is C124H76N12O4. The van der Waals surface area contributed by atoms with Crippen molar-refractivity contribution in [3.05, 3.63) is 461 Å². The van der Waals surface area contributed by atoms with Gasteiger partial charge in [-0.05, 0) is 88.3 Å². The summed E-state index contributed by atoms with van der Waals surface area (Å²) in [4.78, 5) is 58.4. The van der Waals surface area contributed by atoms with E-state index in [1.54, 1.807) is 0 Å².